The molecule has 0 aromatic carbocycles. The molecule has 1 aliphatic rings. The Bertz CT molecular complexity index is 688. The number of ether oxygens (including phenoxy) is 1. The van der Waals surface area contributed by atoms with Crippen LogP contribution in [0.1, 0.15) is 23.2 Å². The highest BCUT2D eigenvalue weighted by Gasteiger charge is 2.26. The van der Waals surface area contributed by atoms with Crippen molar-refractivity contribution in [2.24, 2.45) is 0 Å². The van der Waals surface area contributed by atoms with Crippen molar-refractivity contribution in [3.8, 4) is 0 Å². The molecule has 0 saturated carbocycles. The molecule has 0 radical (unpaired) electrons. The average Bonchev–Trinajstić information content (AvgIpc) is 2.76. The highest BCUT2D eigenvalue weighted by Crippen LogP contribution is 2.32. The molecule has 7 heteroatoms. The largest absolute Gasteiger partial charge is 0.394 e. The number of rotatable bonds is 3. The molecule has 2 aromatic heterocycles. The normalized spacial score (nSPS) is 23.3. The SMILES string of the molecule is Cc1sc2nc(CN3CC(CO)OCC3C)nc(N)c2c1C. The van der Waals surface area contributed by atoms with Crippen LogP contribution in [-0.4, -0.2) is 51.9 Å². The molecule has 1 aliphatic heterocycles. The summed E-state index contributed by atoms with van der Waals surface area (Å²) in [6, 6.07) is 0.273. The summed E-state index contributed by atoms with van der Waals surface area (Å²) in [4.78, 5) is 13.6. The molecule has 1 saturated heterocycles. The average molecular weight is 322 g/mol. The van der Waals surface area contributed by atoms with Gasteiger partial charge in [-0.3, -0.25) is 4.90 Å². The molecule has 3 N–H and O–H groups in total. The summed E-state index contributed by atoms with van der Waals surface area (Å²) in [7, 11) is 0. The first-order valence-electron chi connectivity index (χ1n) is 7.48. The van der Waals surface area contributed by atoms with Gasteiger partial charge in [0.05, 0.1) is 31.2 Å². The molecule has 2 aromatic rings. The smallest absolute Gasteiger partial charge is 0.146 e. The first-order valence-corrected chi connectivity index (χ1v) is 8.29. The van der Waals surface area contributed by atoms with Crippen LogP contribution in [0.4, 0.5) is 5.82 Å². The Balaban J connectivity index is 1.87. The number of aliphatic hydroxyl groups is 1. The van der Waals surface area contributed by atoms with Crippen LogP contribution in [0.2, 0.25) is 0 Å². The predicted molar refractivity (Wildman–Crippen MR) is 88.0 cm³/mol. The van der Waals surface area contributed by atoms with Crippen molar-refractivity contribution in [3.63, 3.8) is 0 Å². The van der Waals surface area contributed by atoms with E-state index < -0.39 is 0 Å². The third-order valence-corrected chi connectivity index (χ3v) is 5.39. The number of aromatic nitrogens is 2. The zero-order chi connectivity index (χ0) is 15.9. The molecule has 3 rings (SSSR count). The van der Waals surface area contributed by atoms with Crippen molar-refractivity contribution in [2.45, 2.75) is 39.5 Å². The van der Waals surface area contributed by atoms with Gasteiger partial charge >= 0.3 is 0 Å². The Kier molecular flexibility index (Phi) is 4.31. The van der Waals surface area contributed by atoms with Gasteiger partial charge in [0.2, 0.25) is 0 Å². The lowest BCUT2D eigenvalue weighted by molar-refractivity contribution is -0.0811. The third kappa shape index (κ3) is 2.81. The zero-order valence-corrected chi connectivity index (χ0v) is 14.0. The fraction of sp³-hybridized carbons (Fsp3) is 0.600. The van der Waals surface area contributed by atoms with E-state index in [4.69, 9.17) is 10.5 Å². The number of hydrogen-bond donors (Lipinski definition) is 2. The number of anilines is 1. The van der Waals surface area contributed by atoms with E-state index >= 15 is 0 Å². The van der Waals surface area contributed by atoms with Crippen LogP contribution >= 0.6 is 11.3 Å². The van der Waals surface area contributed by atoms with E-state index in [0.29, 0.717) is 25.5 Å². The quantitative estimate of drug-likeness (QED) is 0.890. The number of morpholine rings is 1. The summed E-state index contributed by atoms with van der Waals surface area (Å²) < 4.78 is 5.57. The molecule has 1 fully saturated rings. The summed E-state index contributed by atoms with van der Waals surface area (Å²) in [5.41, 5.74) is 7.31. The maximum absolute atomic E-state index is 9.28. The number of fused-ring (bicyclic) bond motifs is 1. The number of aryl methyl sites for hydroxylation is 2. The topological polar surface area (TPSA) is 84.5 Å². The van der Waals surface area contributed by atoms with Gasteiger partial charge in [0, 0.05) is 17.5 Å². The van der Waals surface area contributed by atoms with Crippen molar-refractivity contribution in [1.29, 1.82) is 0 Å². The lowest BCUT2D eigenvalue weighted by Crippen LogP contribution is -2.49. The second-order valence-corrected chi connectivity index (χ2v) is 7.11. The van der Waals surface area contributed by atoms with Crippen LogP contribution in [0.5, 0.6) is 0 Å². The molecule has 0 spiro atoms. The van der Waals surface area contributed by atoms with Gasteiger partial charge in [-0.2, -0.15) is 0 Å². The highest BCUT2D eigenvalue weighted by molar-refractivity contribution is 7.18. The lowest BCUT2D eigenvalue weighted by atomic mass is 10.2. The fourth-order valence-corrected chi connectivity index (χ4v) is 3.84. The first-order chi connectivity index (χ1) is 10.5. The van der Waals surface area contributed by atoms with E-state index in [2.05, 4.69) is 35.6 Å². The van der Waals surface area contributed by atoms with Gasteiger partial charge in [0.25, 0.3) is 0 Å². The summed E-state index contributed by atoms with van der Waals surface area (Å²) in [5, 5.41) is 10.3. The van der Waals surface area contributed by atoms with Crippen LogP contribution < -0.4 is 5.73 Å². The Hall–Kier alpha value is -1.28. The minimum absolute atomic E-state index is 0.0363. The molecule has 0 bridgehead atoms. The van der Waals surface area contributed by atoms with Gasteiger partial charge in [-0.05, 0) is 26.3 Å². The summed E-state index contributed by atoms with van der Waals surface area (Å²) in [6.07, 6.45) is -0.136. The van der Waals surface area contributed by atoms with Gasteiger partial charge in [-0.15, -0.1) is 11.3 Å². The Morgan fingerprint density at radius 3 is 2.91 bits per heavy atom. The molecule has 2 unspecified atom stereocenters. The Labute approximate surface area is 133 Å². The number of thiophene rings is 1. The lowest BCUT2D eigenvalue weighted by Gasteiger charge is -2.36. The van der Waals surface area contributed by atoms with Gasteiger partial charge in [0.1, 0.15) is 16.5 Å². The molecule has 0 aliphatic carbocycles. The van der Waals surface area contributed by atoms with Crippen LogP contribution in [0, 0.1) is 13.8 Å². The zero-order valence-electron chi connectivity index (χ0n) is 13.2. The predicted octanol–water partition coefficient (Wildman–Crippen LogP) is 1.47. The minimum atomic E-state index is -0.136. The van der Waals surface area contributed by atoms with E-state index in [1.807, 2.05) is 0 Å². The number of nitrogens with two attached hydrogens (primary N) is 1. The number of aliphatic hydroxyl groups excluding tert-OH is 1. The van der Waals surface area contributed by atoms with E-state index in [1.165, 1.54) is 10.4 Å². The van der Waals surface area contributed by atoms with Crippen molar-refractivity contribution in [1.82, 2.24) is 14.9 Å². The Morgan fingerprint density at radius 2 is 2.18 bits per heavy atom. The maximum Gasteiger partial charge on any atom is 0.146 e. The second-order valence-electron chi connectivity index (χ2n) is 5.90. The first kappa shape index (κ1) is 15.6. The van der Waals surface area contributed by atoms with E-state index in [9.17, 15) is 5.11 Å². The molecule has 22 heavy (non-hydrogen) atoms. The molecule has 120 valence electrons. The maximum atomic E-state index is 9.28. The van der Waals surface area contributed by atoms with E-state index in [-0.39, 0.29) is 18.8 Å². The summed E-state index contributed by atoms with van der Waals surface area (Å²) >= 11 is 1.66. The van der Waals surface area contributed by atoms with Crippen molar-refractivity contribution in [2.75, 3.05) is 25.5 Å². The molecular formula is C15H22N4O2S. The molecule has 0 amide bonds. The van der Waals surface area contributed by atoms with E-state index in [0.717, 1.165) is 16.0 Å². The number of hydrogen-bond acceptors (Lipinski definition) is 7. The van der Waals surface area contributed by atoms with Crippen molar-refractivity contribution in [3.05, 3.63) is 16.3 Å². The third-order valence-electron chi connectivity index (χ3n) is 4.29. The monoisotopic (exact) mass is 322 g/mol. The van der Waals surface area contributed by atoms with Crippen LogP contribution in [0.25, 0.3) is 10.2 Å². The van der Waals surface area contributed by atoms with Crippen molar-refractivity contribution >= 4 is 27.4 Å². The molecular weight excluding hydrogens is 300 g/mol. The van der Waals surface area contributed by atoms with Crippen molar-refractivity contribution < 1.29 is 9.84 Å². The molecule has 3 heterocycles. The van der Waals surface area contributed by atoms with Gasteiger partial charge < -0.3 is 15.6 Å². The van der Waals surface area contributed by atoms with Crippen LogP contribution in [0.15, 0.2) is 0 Å². The molecule has 6 nitrogen and oxygen atoms in total. The van der Waals surface area contributed by atoms with E-state index in [1.54, 1.807) is 11.3 Å². The Morgan fingerprint density at radius 1 is 1.41 bits per heavy atom. The molecule has 2 atom stereocenters. The number of nitrogen functional groups attached to an aromatic ring is 1. The van der Waals surface area contributed by atoms with Gasteiger partial charge in [-0.1, -0.05) is 0 Å². The van der Waals surface area contributed by atoms with Crippen LogP contribution in [0.3, 0.4) is 0 Å². The van der Waals surface area contributed by atoms with Gasteiger partial charge in [-0.25, -0.2) is 9.97 Å². The summed E-state index contributed by atoms with van der Waals surface area (Å²) in [5.74, 6) is 1.29. The van der Waals surface area contributed by atoms with Gasteiger partial charge in [0.15, 0.2) is 0 Å². The number of nitrogens with zero attached hydrogens (tertiary/aromatic N) is 3. The fourth-order valence-electron chi connectivity index (χ4n) is 2.78. The summed E-state index contributed by atoms with van der Waals surface area (Å²) in [6.45, 7) is 8.20. The van der Waals surface area contributed by atoms with Crippen LogP contribution in [-0.2, 0) is 11.3 Å². The minimum Gasteiger partial charge on any atom is -0.394 e. The second kappa shape index (κ2) is 6.08. The standard InChI is InChI=1S/C15H22N4O2S/c1-8-7-21-11(6-20)4-19(8)5-12-17-14(16)13-9(2)10(3)22-15(13)18-12/h8,11,20H,4-7H2,1-3H3,(H2,16,17,18). The highest BCUT2D eigenvalue weighted by atomic mass is 32.1.